The number of amides is 1. The summed E-state index contributed by atoms with van der Waals surface area (Å²) in [5, 5.41) is 27.5. The summed E-state index contributed by atoms with van der Waals surface area (Å²) in [4.78, 5) is 28.5. The van der Waals surface area contributed by atoms with Crippen molar-refractivity contribution >= 4 is 28.1 Å². The van der Waals surface area contributed by atoms with Gasteiger partial charge in [-0.2, -0.15) is 4.80 Å². The average molecular weight is 439 g/mol. The van der Waals surface area contributed by atoms with Gasteiger partial charge in [-0.15, -0.1) is 21.5 Å². The van der Waals surface area contributed by atoms with Gasteiger partial charge in [-0.25, -0.2) is 9.37 Å². The molecule has 0 aliphatic carbocycles. The van der Waals surface area contributed by atoms with E-state index in [1.54, 1.807) is 30.5 Å². The molecule has 2 aromatic heterocycles. The number of carbonyl (C=O) groups is 1. The molecule has 0 aliphatic rings. The molecule has 0 saturated heterocycles. The van der Waals surface area contributed by atoms with Gasteiger partial charge in [0.2, 0.25) is 5.82 Å². The number of anilines is 1. The molecule has 0 spiro atoms. The Labute approximate surface area is 178 Å². The third-order valence-corrected chi connectivity index (χ3v) is 5.08. The Hall–Kier alpha value is -4.06. The van der Waals surface area contributed by atoms with Crippen molar-refractivity contribution in [2.75, 3.05) is 5.32 Å². The molecule has 0 aliphatic heterocycles. The van der Waals surface area contributed by atoms with E-state index in [1.165, 1.54) is 41.7 Å². The van der Waals surface area contributed by atoms with E-state index in [0.29, 0.717) is 22.0 Å². The normalized spacial score (nSPS) is 11.8. The van der Waals surface area contributed by atoms with Crippen LogP contribution in [0.2, 0.25) is 0 Å². The second-order valence-corrected chi connectivity index (χ2v) is 7.31. The first-order chi connectivity index (χ1) is 14.9. The fraction of sp³-hybridized carbons (Fsp3) is 0.105. The number of hydrogen-bond donors (Lipinski definition) is 1. The molecule has 1 amide bonds. The monoisotopic (exact) mass is 439 g/mol. The number of nitrogens with zero attached hydrogens (tertiary/aromatic N) is 6. The maximum Gasteiger partial charge on any atom is 0.270 e. The first kappa shape index (κ1) is 20.2. The summed E-state index contributed by atoms with van der Waals surface area (Å²) in [6, 6.07) is 11.0. The van der Waals surface area contributed by atoms with Crippen molar-refractivity contribution in [3.63, 3.8) is 0 Å². The molecule has 4 rings (SSSR count). The fourth-order valence-electron chi connectivity index (χ4n) is 2.69. The van der Waals surface area contributed by atoms with E-state index in [4.69, 9.17) is 0 Å². The van der Waals surface area contributed by atoms with E-state index in [1.807, 2.05) is 0 Å². The Morgan fingerprint density at radius 2 is 2.00 bits per heavy atom. The van der Waals surface area contributed by atoms with Gasteiger partial charge in [0, 0.05) is 28.6 Å². The highest BCUT2D eigenvalue weighted by Gasteiger charge is 2.20. The summed E-state index contributed by atoms with van der Waals surface area (Å²) in [6.45, 7) is 1.58. The standard InChI is InChI=1S/C19H14FN7O3S/c1-11(26-24-17(23-25-26)13-5-2-6-14(20)8-13)18(28)22-19-21-16(10-31-19)12-4-3-7-15(9-12)27(29)30/h2-11H,1H3,(H,21,22,28). The van der Waals surface area contributed by atoms with Gasteiger partial charge in [0.1, 0.15) is 11.9 Å². The summed E-state index contributed by atoms with van der Waals surface area (Å²) >= 11 is 1.18. The number of nitro benzene ring substituents is 1. The van der Waals surface area contributed by atoms with Crippen molar-refractivity contribution in [1.29, 1.82) is 0 Å². The van der Waals surface area contributed by atoms with Crippen molar-refractivity contribution in [3.8, 4) is 22.6 Å². The van der Waals surface area contributed by atoms with E-state index in [-0.39, 0.29) is 11.5 Å². The topological polar surface area (TPSA) is 129 Å². The molecule has 1 N–H and O–H groups in total. The van der Waals surface area contributed by atoms with Gasteiger partial charge in [-0.3, -0.25) is 14.9 Å². The highest BCUT2D eigenvalue weighted by molar-refractivity contribution is 7.14. The van der Waals surface area contributed by atoms with Gasteiger partial charge >= 0.3 is 0 Å². The molecule has 156 valence electrons. The first-order valence-electron chi connectivity index (χ1n) is 8.97. The van der Waals surface area contributed by atoms with Crippen LogP contribution in [0.1, 0.15) is 13.0 Å². The minimum Gasteiger partial charge on any atom is -0.300 e. The minimum absolute atomic E-state index is 0.0453. The van der Waals surface area contributed by atoms with Gasteiger partial charge < -0.3 is 5.32 Å². The number of benzene rings is 2. The Kier molecular flexibility index (Phi) is 5.45. The lowest BCUT2D eigenvalue weighted by atomic mass is 10.1. The van der Waals surface area contributed by atoms with Gasteiger partial charge in [-0.1, -0.05) is 24.3 Å². The Balaban J connectivity index is 1.47. The van der Waals surface area contributed by atoms with Gasteiger partial charge in [-0.05, 0) is 24.3 Å². The van der Waals surface area contributed by atoms with E-state index < -0.39 is 22.7 Å². The summed E-state index contributed by atoms with van der Waals surface area (Å²) in [7, 11) is 0. The zero-order valence-corrected chi connectivity index (χ0v) is 16.8. The van der Waals surface area contributed by atoms with Crippen LogP contribution in [0.5, 0.6) is 0 Å². The van der Waals surface area contributed by atoms with Crippen LogP contribution in [0.15, 0.2) is 53.9 Å². The molecule has 0 fully saturated rings. The maximum atomic E-state index is 13.4. The lowest BCUT2D eigenvalue weighted by molar-refractivity contribution is -0.384. The SMILES string of the molecule is CC(C(=O)Nc1nc(-c2cccc([N+](=O)[O-])c2)cs1)n1nnc(-c2cccc(F)c2)n1. The van der Waals surface area contributed by atoms with Crippen molar-refractivity contribution in [3.05, 3.63) is 69.8 Å². The molecular weight excluding hydrogens is 425 g/mol. The molecule has 1 unspecified atom stereocenters. The Bertz CT molecular complexity index is 1270. The zero-order valence-electron chi connectivity index (χ0n) is 16.0. The smallest absolute Gasteiger partial charge is 0.270 e. The number of rotatable bonds is 6. The van der Waals surface area contributed by atoms with Crippen LogP contribution >= 0.6 is 11.3 Å². The van der Waals surface area contributed by atoms with Crippen LogP contribution in [-0.4, -0.2) is 36.0 Å². The van der Waals surface area contributed by atoms with E-state index in [2.05, 4.69) is 25.7 Å². The molecular formula is C19H14FN7O3S. The number of tetrazole rings is 1. The van der Waals surface area contributed by atoms with E-state index in [0.717, 1.165) is 4.80 Å². The molecule has 2 heterocycles. The van der Waals surface area contributed by atoms with E-state index >= 15 is 0 Å². The van der Waals surface area contributed by atoms with Crippen molar-refractivity contribution in [1.82, 2.24) is 25.2 Å². The molecule has 31 heavy (non-hydrogen) atoms. The zero-order chi connectivity index (χ0) is 22.0. The lowest BCUT2D eigenvalue weighted by Crippen LogP contribution is -2.25. The lowest BCUT2D eigenvalue weighted by Gasteiger charge is -2.08. The number of thiazole rings is 1. The summed E-state index contributed by atoms with van der Waals surface area (Å²) in [5.41, 5.74) is 1.47. The quantitative estimate of drug-likeness (QED) is 0.358. The molecule has 0 saturated carbocycles. The van der Waals surface area contributed by atoms with Crippen LogP contribution in [-0.2, 0) is 4.79 Å². The highest BCUT2D eigenvalue weighted by Crippen LogP contribution is 2.28. The number of carbonyl (C=O) groups excluding carboxylic acids is 1. The number of nitrogens with one attached hydrogen (secondary N) is 1. The van der Waals surface area contributed by atoms with Crippen LogP contribution in [0.3, 0.4) is 0 Å². The summed E-state index contributed by atoms with van der Waals surface area (Å²) in [6.07, 6.45) is 0. The second-order valence-electron chi connectivity index (χ2n) is 6.45. The first-order valence-corrected chi connectivity index (χ1v) is 9.85. The Morgan fingerprint density at radius 3 is 2.77 bits per heavy atom. The van der Waals surface area contributed by atoms with Crippen molar-refractivity contribution < 1.29 is 14.1 Å². The average Bonchev–Trinajstić information content (AvgIpc) is 3.43. The predicted octanol–water partition coefficient (Wildman–Crippen LogP) is 3.71. The molecule has 0 radical (unpaired) electrons. The van der Waals surface area contributed by atoms with E-state index in [9.17, 15) is 19.3 Å². The molecule has 10 nitrogen and oxygen atoms in total. The number of aromatic nitrogens is 5. The number of hydrogen-bond acceptors (Lipinski definition) is 8. The van der Waals surface area contributed by atoms with Gasteiger partial charge in [0.05, 0.1) is 10.6 Å². The molecule has 2 aromatic carbocycles. The number of nitro groups is 1. The molecule has 1 atom stereocenters. The minimum atomic E-state index is -0.806. The van der Waals surface area contributed by atoms with Crippen molar-refractivity contribution in [2.45, 2.75) is 13.0 Å². The van der Waals surface area contributed by atoms with Gasteiger partial charge in [0.15, 0.2) is 5.13 Å². The largest absolute Gasteiger partial charge is 0.300 e. The predicted molar refractivity (Wildman–Crippen MR) is 111 cm³/mol. The molecule has 4 aromatic rings. The van der Waals surface area contributed by atoms with Gasteiger partial charge in [0.25, 0.3) is 11.6 Å². The molecule has 0 bridgehead atoms. The van der Waals surface area contributed by atoms with Crippen LogP contribution < -0.4 is 5.32 Å². The fourth-order valence-corrected chi connectivity index (χ4v) is 3.41. The number of halogens is 1. The van der Waals surface area contributed by atoms with Crippen LogP contribution in [0, 0.1) is 15.9 Å². The molecule has 12 heteroatoms. The maximum absolute atomic E-state index is 13.4. The summed E-state index contributed by atoms with van der Waals surface area (Å²) in [5.74, 6) is -0.660. The highest BCUT2D eigenvalue weighted by atomic mass is 32.1. The third-order valence-electron chi connectivity index (χ3n) is 4.32. The van der Waals surface area contributed by atoms with Crippen LogP contribution in [0.25, 0.3) is 22.6 Å². The second kappa shape index (κ2) is 8.36. The Morgan fingerprint density at radius 1 is 1.23 bits per heavy atom. The summed E-state index contributed by atoms with van der Waals surface area (Å²) < 4.78 is 13.4. The number of non-ortho nitro benzene ring substituents is 1. The third kappa shape index (κ3) is 4.43. The van der Waals surface area contributed by atoms with Crippen molar-refractivity contribution in [2.24, 2.45) is 0 Å². The van der Waals surface area contributed by atoms with Crippen LogP contribution in [0.4, 0.5) is 15.2 Å².